The molecule has 1 heterocycles. The van der Waals surface area contributed by atoms with E-state index in [9.17, 15) is 22.8 Å². The van der Waals surface area contributed by atoms with Crippen LogP contribution in [0.4, 0.5) is 18.9 Å². The summed E-state index contributed by atoms with van der Waals surface area (Å²) >= 11 is 0. The van der Waals surface area contributed by atoms with Crippen LogP contribution in [0.25, 0.3) is 0 Å². The molecule has 8 heteroatoms. The maximum Gasteiger partial charge on any atom is 0.418 e. The molecule has 1 aromatic heterocycles. The van der Waals surface area contributed by atoms with Crippen LogP contribution in [0.3, 0.4) is 0 Å². The second-order valence-corrected chi connectivity index (χ2v) is 5.15. The van der Waals surface area contributed by atoms with Crippen molar-refractivity contribution in [3.63, 3.8) is 0 Å². The molecule has 5 nitrogen and oxygen atoms in total. The number of rotatable bonds is 5. The number of carbonyl (C=O) groups is 2. The van der Waals surface area contributed by atoms with Crippen molar-refractivity contribution in [2.24, 2.45) is 0 Å². The molecule has 1 aromatic carbocycles. The molecule has 1 N–H and O–H groups in total. The molecular formula is C17H16F3N3O2. The van der Waals surface area contributed by atoms with E-state index in [1.165, 1.54) is 47.6 Å². The van der Waals surface area contributed by atoms with E-state index >= 15 is 0 Å². The Morgan fingerprint density at radius 1 is 1.12 bits per heavy atom. The molecule has 25 heavy (non-hydrogen) atoms. The number of pyridine rings is 1. The Hall–Kier alpha value is -2.90. The van der Waals surface area contributed by atoms with E-state index < -0.39 is 23.6 Å². The number of anilines is 1. The van der Waals surface area contributed by atoms with Gasteiger partial charge in [0.2, 0.25) is 5.91 Å². The van der Waals surface area contributed by atoms with E-state index in [2.05, 4.69) is 10.3 Å². The van der Waals surface area contributed by atoms with Crippen LogP contribution < -0.4 is 5.32 Å². The highest BCUT2D eigenvalue weighted by Crippen LogP contribution is 2.34. The molecule has 0 aliphatic rings. The predicted octanol–water partition coefficient (Wildman–Crippen LogP) is 3.20. The minimum Gasteiger partial charge on any atom is -0.330 e. The first kappa shape index (κ1) is 18.4. The van der Waals surface area contributed by atoms with Crippen LogP contribution in [0, 0.1) is 0 Å². The third-order valence-corrected chi connectivity index (χ3v) is 3.44. The molecule has 0 bridgehead atoms. The van der Waals surface area contributed by atoms with Gasteiger partial charge in [-0.15, -0.1) is 0 Å². The number of likely N-dealkylation sites (N-methyl/N-ethyl adjacent to an activating group) is 1. The Morgan fingerprint density at radius 3 is 2.36 bits per heavy atom. The van der Waals surface area contributed by atoms with Gasteiger partial charge in [0.1, 0.15) is 6.54 Å². The third-order valence-electron chi connectivity index (χ3n) is 3.44. The lowest BCUT2D eigenvalue weighted by atomic mass is 10.1. The molecule has 0 aliphatic heterocycles. The van der Waals surface area contributed by atoms with E-state index in [1.54, 1.807) is 6.92 Å². The van der Waals surface area contributed by atoms with Crippen molar-refractivity contribution in [2.75, 3.05) is 18.4 Å². The van der Waals surface area contributed by atoms with Crippen LogP contribution in [0.1, 0.15) is 22.8 Å². The number of halogens is 3. The lowest BCUT2D eigenvalue weighted by Gasteiger charge is -2.21. The maximum absolute atomic E-state index is 13.0. The zero-order chi connectivity index (χ0) is 18.4. The monoisotopic (exact) mass is 351 g/mol. The second-order valence-electron chi connectivity index (χ2n) is 5.15. The van der Waals surface area contributed by atoms with Gasteiger partial charge in [-0.05, 0) is 31.2 Å². The van der Waals surface area contributed by atoms with E-state index in [1.807, 2.05) is 0 Å². The molecule has 0 aliphatic carbocycles. The number of benzene rings is 1. The minimum atomic E-state index is -4.58. The van der Waals surface area contributed by atoms with Gasteiger partial charge in [-0.25, -0.2) is 0 Å². The smallest absolute Gasteiger partial charge is 0.330 e. The summed E-state index contributed by atoms with van der Waals surface area (Å²) in [7, 11) is 0. The molecule has 0 unspecified atom stereocenters. The average molecular weight is 351 g/mol. The van der Waals surface area contributed by atoms with Crippen LogP contribution in [-0.4, -0.2) is 34.8 Å². The van der Waals surface area contributed by atoms with Crippen molar-refractivity contribution < 1.29 is 22.8 Å². The van der Waals surface area contributed by atoms with E-state index in [4.69, 9.17) is 0 Å². The Bertz CT molecular complexity index is 748. The fraction of sp³-hybridized carbons (Fsp3) is 0.235. The number of carbonyl (C=O) groups excluding carboxylic acids is 2. The van der Waals surface area contributed by atoms with Crippen LogP contribution in [0.2, 0.25) is 0 Å². The molecular weight excluding hydrogens is 335 g/mol. The summed E-state index contributed by atoms with van der Waals surface area (Å²) in [5.41, 5.74) is -0.931. The van der Waals surface area contributed by atoms with Gasteiger partial charge in [-0.1, -0.05) is 12.1 Å². The van der Waals surface area contributed by atoms with E-state index in [0.29, 0.717) is 5.56 Å². The fourth-order valence-electron chi connectivity index (χ4n) is 2.21. The minimum absolute atomic E-state index is 0.232. The number of hydrogen-bond acceptors (Lipinski definition) is 3. The van der Waals surface area contributed by atoms with Gasteiger partial charge >= 0.3 is 6.18 Å². The maximum atomic E-state index is 13.0. The highest BCUT2D eigenvalue weighted by molar-refractivity contribution is 5.99. The zero-order valence-electron chi connectivity index (χ0n) is 13.4. The van der Waals surface area contributed by atoms with Crippen LogP contribution in [-0.2, 0) is 11.0 Å². The molecule has 2 rings (SSSR count). The zero-order valence-corrected chi connectivity index (χ0v) is 13.4. The lowest BCUT2D eigenvalue weighted by molar-refractivity contribution is -0.137. The number of nitrogens with zero attached hydrogens (tertiary/aromatic N) is 2. The van der Waals surface area contributed by atoms with E-state index in [0.717, 1.165) is 6.07 Å². The Kier molecular flexibility index (Phi) is 5.74. The summed E-state index contributed by atoms with van der Waals surface area (Å²) in [6, 6.07) is 7.69. The van der Waals surface area contributed by atoms with Crippen molar-refractivity contribution in [1.82, 2.24) is 9.88 Å². The number of amides is 2. The summed E-state index contributed by atoms with van der Waals surface area (Å²) in [6.07, 6.45) is -1.69. The van der Waals surface area contributed by atoms with Crippen molar-refractivity contribution in [1.29, 1.82) is 0 Å². The summed E-state index contributed by atoms with van der Waals surface area (Å²) in [6.45, 7) is 1.55. The van der Waals surface area contributed by atoms with Crippen molar-refractivity contribution in [3.05, 3.63) is 59.9 Å². The molecule has 2 aromatic rings. The van der Waals surface area contributed by atoms with Gasteiger partial charge in [0.15, 0.2) is 0 Å². The fourth-order valence-corrected chi connectivity index (χ4v) is 2.21. The normalized spacial score (nSPS) is 11.0. The average Bonchev–Trinajstić information content (AvgIpc) is 2.59. The van der Waals surface area contributed by atoms with Gasteiger partial charge in [0, 0.05) is 24.5 Å². The van der Waals surface area contributed by atoms with Gasteiger partial charge in [-0.3, -0.25) is 14.6 Å². The molecule has 0 fully saturated rings. The first-order valence-corrected chi connectivity index (χ1v) is 7.48. The number of para-hydroxylation sites is 1. The summed E-state index contributed by atoms with van der Waals surface area (Å²) in [4.78, 5) is 29.5. The number of hydrogen-bond donors (Lipinski definition) is 1. The molecule has 0 radical (unpaired) electrons. The molecule has 0 spiro atoms. The molecule has 132 valence electrons. The topological polar surface area (TPSA) is 62.3 Å². The largest absolute Gasteiger partial charge is 0.418 e. The predicted molar refractivity (Wildman–Crippen MR) is 85.9 cm³/mol. The van der Waals surface area contributed by atoms with Gasteiger partial charge in [0.25, 0.3) is 5.91 Å². The van der Waals surface area contributed by atoms with Gasteiger partial charge in [-0.2, -0.15) is 13.2 Å². The van der Waals surface area contributed by atoms with Crippen LogP contribution in [0.5, 0.6) is 0 Å². The van der Waals surface area contributed by atoms with Crippen LogP contribution in [0.15, 0.2) is 48.8 Å². The Balaban J connectivity index is 2.10. The van der Waals surface area contributed by atoms with Gasteiger partial charge < -0.3 is 10.2 Å². The summed E-state index contributed by atoms with van der Waals surface area (Å²) in [5.74, 6) is -1.11. The van der Waals surface area contributed by atoms with E-state index in [-0.39, 0.29) is 18.8 Å². The Labute approximate surface area is 142 Å². The SMILES string of the molecule is CCN(CC(=O)Nc1ccccc1C(F)(F)F)C(=O)c1ccncc1. The third kappa shape index (κ3) is 4.79. The summed E-state index contributed by atoms with van der Waals surface area (Å²) in [5, 5.41) is 2.22. The Morgan fingerprint density at radius 2 is 1.76 bits per heavy atom. The van der Waals surface area contributed by atoms with Crippen molar-refractivity contribution >= 4 is 17.5 Å². The highest BCUT2D eigenvalue weighted by Gasteiger charge is 2.33. The first-order chi connectivity index (χ1) is 11.8. The quantitative estimate of drug-likeness (QED) is 0.900. The second kappa shape index (κ2) is 7.78. The molecule has 0 saturated carbocycles. The van der Waals surface area contributed by atoms with Crippen molar-refractivity contribution in [2.45, 2.75) is 13.1 Å². The summed E-state index contributed by atoms with van der Waals surface area (Å²) < 4.78 is 38.9. The standard InChI is InChI=1S/C17H16F3N3O2/c1-2-23(16(25)12-7-9-21-10-8-12)11-15(24)22-14-6-4-3-5-13(14)17(18,19)20/h3-10H,2,11H2,1H3,(H,22,24). The van der Waals surface area contributed by atoms with Crippen LogP contribution >= 0.6 is 0 Å². The molecule has 2 amide bonds. The number of alkyl halides is 3. The molecule has 0 saturated heterocycles. The molecule has 0 atom stereocenters. The lowest BCUT2D eigenvalue weighted by Crippen LogP contribution is -2.38. The first-order valence-electron chi connectivity index (χ1n) is 7.48. The highest BCUT2D eigenvalue weighted by atomic mass is 19.4. The van der Waals surface area contributed by atoms with Gasteiger partial charge in [0.05, 0.1) is 11.3 Å². The number of nitrogens with one attached hydrogen (secondary N) is 1. The number of aromatic nitrogens is 1. The van der Waals surface area contributed by atoms with Crippen molar-refractivity contribution in [3.8, 4) is 0 Å².